The second-order valence-electron chi connectivity index (χ2n) is 8.81. The third-order valence-corrected chi connectivity index (χ3v) is 6.84. The Morgan fingerprint density at radius 3 is 2.17 bits per heavy atom. The van der Waals surface area contributed by atoms with E-state index < -0.39 is 71.8 Å². The van der Waals surface area contributed by atoms with Crippen LogP contribution in [0.2, 0.25) is 0 Å². The molecule has 1 fully saturated rings. The number of ether oxygens (including phenoxy) is 6. The number of nitrogens with zero attached hydrogens (tertiary/aromatic N) is 3. The van der Waals surface area contributed by atoms with Crippen molar-refractivity contribution in [2.75, 3.05) is 13.7 Å². The molecule has 0 bridgehead atoms. The Bertz CT molecular complexity index is 1160. The van der Waals surface area contributed by atoms with Crippen LogP contribution >= 0.6 is 11.8 Å². The summed E-state index contributed by atoms with van der Waals surface area (Å²) in [6, 6.07) is 5.68. The van der Waals surface area contributed by atoms with Gasteiger partial charge in [0.05, 0.1) is 7.11 Å². The van der Waals surface area contributed by atoms with E-state index in [1.807, 2.05) is 6.92 Å². The van der Waals surface area contributed by atoms with E-state index >= 15 is 0 Å². The van der Waals surface area contributed by atoms with Gasteiger partial charge in [-0.15, -0.1) is 0 Å². The molecular weight excluding hydrogens is 550 g/mol. The van der Waals surface area contributed by atoms with Crippen molar-refractivity contribution < 1.29 is 52.4 Å². The summed E-state index contributed by atoms with van der Waals surface area (Å²) in [6.45, 7) is 5.67. The van der Waals surface area contributed by atoms with Crippen molar-refractivity contribution in [3.63, 3.8) is 0 Å². The van der Waals surface area contributed by atoms with Crippen molar-refractivity contribution in [1.29, 1.82) is 0 Å². The molecule has 1 aliphatic rings. The van der Waals surface area contributed by atoms with Crippen LogP contribution in [-0.4, -0.2) is 79.0 Å². The second-order valence-corrected chi connectivity index (χ2v) is 10.1. The number of carbonyl (C=O) groups is 5. The first-order chi connectivity index (χ1) is 18.8. The summed E-state index contributed by atoms with van der Waals surface area (Å²) < 4.78 is 32.6. The van der Waals surface area contributed by atoms with Gasteiger partial charge in [0, 0.05) is 43.9 Å². The molecule has 0 N–H and O–H groups in total. The highest BCUT2D eigenvalue weighted by atomic mass is 32.2. The number of carbonyl (C=O) groups excluding carboxylic acids is 5. The van der Waals surface area contributed by atoms with Gasteiger partial charge in [0.15, 0.2) is 12.2 Å². The molecule has 6 atom stereocenters. The Labute approximate surface area is 234 Å². The fraction of sp³-hybridized carbons (Fsp3) is 0.560. The van der Waals surface area contributed by atoms with Crippen LogP contribution in [0.25, 0.3) is 10.4 Å². The van der Waals surface area contributed by atoms with E-state index in [-0.39, 0.29) is 6.42 Å². The molecule has 1 heterocycles. The molecule has 40 heavy (non-hydrogen) atoms. The maximum Gasteiger partial charge on any atom is 0.349 e. The van der Waals surface area contributed by atoms with E-state index in [1.54, 1.807) is 24.3 Å². The Balaban J connectivity index is 2.75. The second kappa shape index (κ2) is 14.5. The van der Waals surface area contributed by atoms with Crippen molar-refractivity contribution in [2.45, 2.75) is 81.3 Å². The molecule has 15 heteroatoms. The fourth-order valence-corrected chi connectivity index (χ4v) is 5.29. The third kappa shape index (κ3) is 8.86. The number of esters is 5. The van der Waals surface area contributed by atoms with E-state index in [1.165, 1.54) is 0 Å². The average molecular weight is 582 g/mol. The molecule has 14 nitrogen and oxygen atoms in total. The monoisotopic (exact) mass is 581 g/mol. The number of aryl methyl sites for hydroxylation is 1. The first-order valence-corrected chi connectivity index (χ1v) is 12.8. The molecule has 1 saturated heterocycles. The minimum atomic E-state index is -1.92. The van der Waals surface area contributed by atoms with Gasteiger partial charge in [-0.25, -0.2) is 4.79 Å². The zero-order valence-electron chi connectivity index (χ0n) is 22.9. The SMILES string of the molecule is COC(=O)C1(Sc2ccc(C)cc2)C[C@H](OC(C)=O)[C@@H](N=[N+]=[N-])[C@H]([C@@H](OC(C)=O)[C@@H](COC(C)=O)OC(C)=O)O1. The minimum Gasteiger partial charge on any atom is -0.466 e. The van der Waals surface area contributed by atoms with Gasteiger partial charge in [-0.1, -0.05) is 34.6 Å². The lowest BCUT2D eigenvalue weighted by Gasteiger charge is -2.47. The van der Waals surface area contributed by atoms with Crippen LogP contribution in [0, 0.1) is 6.92 Å². The Morgan fingerprint density at radius 1 is 1.05 bits per heavy atom. The highest BCUT2D eigenvalue weighted by Crippen LogP contribution is 2.46. The number of thioether (sulfide) groups is 1. The normalized spacial score (nSPS) is 23.4. The van der Waals surface area contributed by atoms with Gasteiger partial charge < -0.3 is 28.4 Å². The van der Waals surface area contributed by atoms with E-state index in [0.29, 0.717) is 4.90 Å². The molecule has 1 aromatic carbocycles. The summed E-state index contributed by atoms with van der Waals surface area (Å²) in [6.07, 6.45) is -6.24. The van der Waals surface area contributed by atoms with Crippen LogP contribution in [0.1, 0.15) is 39.7 Å². The molecule has 2 rings (SSSR count). The highest BCUT2D eigenvalue weighted by Gasteiger charge is 2.58. The van der Waals surface area contributed by atoms with Gasteiger partial charge in [0.2, 0.25) is 4.93 Å². The van der Waals surface area contributed by atoms with E-state index in [0.717, 1.165) is 52.1 Å². The molecule has 1 aromatic rings. The van der Waals surface area contributed by atoms with E-state index in [9.17, 15) is 29.5 Å². The largest absolute Gasteiger partial charge is 0.466 e. The first kappa shape index (κ1) is 32.4. The number of benzene rings is 1. The van der Waals surface area contributed by atoms with Crippen LogP contribution < -0.4 is 0 Å². The topological polar surface area (TPSA) is 189 Å². The van der Waals surface area contributed by atoms with Crippen LogP contribution in [0.5, 0.6) is 0 Å². The molecule has 0 saturated carbocycles. The lowest BCUT2D eigenvalue weighted by Crippen LogP contribution is -2.63. The smallest absolute Gasteiger partial charge is 0.349 e. The summed E-state index contributed by atoms with van der Waals surface area (Å²) in [5, 5.41) is 3.73. The maximum absolute atomic E-state index is 13.3. The van der Waals surface area contributed by atoms with E-state index in [4.69, 9.17) is 28.4 Å². The first-order valence-electron chi connectivity index (χ1n) is 12.0. The standard InChI is InChI=1S/C25H31N3O11S/c1-13-7-9-18(10-8-13)40-25(24(33)34-6)11-19(36-15(3)30)21(27-28-26)23(39-25)22(38-17(5)32)20(37-16(4)31)12-35-14(2)29/h7-10,19-23H,11-12H2,1-6H3/t19-,20+,21+,22-,23+,25?/m0/s1. The maximum atomic E-state index is 13.3. The summed E-state index contributed by atoms with van der Waals surface area (Å²) in [5.41, 5.74) is 10.3. The fourth-order valence-electron chi connectivity index (χ4n) is 4.07. The van der Waals surface area contributed by atoms with Gasteiger partial charge in [-0.05, 0) is 24.6 Å². The summed E-state index contributed by atoms with van der Waals surface area (Å²) in [4.78, 5) is 62.6. The Kier molecular flexibility index (Phi) is 11.8. The van der Waals surface area contributed by atoms with Gasteiger partial charge in [0.25, 0.3) is 0 Å². The molecule has 1 unspecified atom stereocenters. The number of rotatable bonds is 11. The zero-order valence-corrected chi connectivity index (χ0v) is 23.7. The van der Waals surface area contributed by atoms with Crippen molar-refractivity contribution in [3.8, 4) is 0 Å². The molecule has 0 aromatic heterocycles. The summed E-state index contributed by atoms with van der Waals surface area (Å²) in [5.74, 6) is -4.06. The predicted molar refractivity (Wildman–Crippen MR) is 138 cm³/mol. The van der Waals surface area contributed by atoms with Crippen LogP contribution in [0.15, 0.2) is 34.3 Å². The van der Waals surface area contributed by atoms with Gasteiger partial charge >= 0.3 is 29.8 Å². The van der Waals surface area contributed by atoms with Gasteiger partial charge in [-0.3, -0.25) is 19.2 Å². The lowest BCUT2D eigenvalue weighted by atomic mass is 9.90. The molecule has 0 radical (unpaired) electrons. The predicted octanol–water partition coefficient (Wildman–Crippen LogP) is 2.78. The van der Waals surface area contributed by atoms with Crippen LogP contribution in [0.3, 0.4) is 0 Å². The number of hydrogen-bond donors (Lipinski definition) is 0. The summed E-state index contributed by atoms with van der Waals surface area (Å²) in [7, 11) is 1.13. The van der Waals surface area contributed by atoms with Gasteiger partial charge in [-0.2, -0.15) is 0 Å². The quantitative estimate of drug-likeness (QED) is 0.122. The van der Waals surface area contributed by atoms with Gasteiger partial charge in [0.1, 0.15) is 24.9 Å². The molecule has 0 aliphatic carbocycles. The average Bonchev–Trinajstić information content (AvgIpc) is 2.86. The van der Waals surface area contributed by atoms with Crippen molar-refractivity contribution >= 4 is 41.6 Å². The molecule has 1 aliphatic heterocycles. The molecule has 218 valence electrons. The van der Waals surface area contributed by atoms with Crippen molar-refractivity contribution in [1.82, 2.24) is 0 Å². The summed E-state index contributed by atoms with van der Waals surface area (Å²) >= 11 is 0.932. The zero-order chi connectivity index (χ0) is 30.0. The number of hydrogen-bond acceptors (Lipinski definition) is 13. The van der Waals surface area contributed by atoms with Crippen molar-refractivity contribution in [2.24, 2.45) is 5.11 Å². The highest BCUT2D eigenvalue weighted by molar-refractivity contribution is 8.01. The van der Waals surface area contributed by atoms with E-state index in [2.05, 4.69) is 10.0 Å². The van der Waals surface area contributed by atoms with Crippen LogP contribution in [0.4, 0.5) is 0 Å². The Hall–Kier alpha value is -3.81. The minimum absolute atomic E-state index is 0.326. The number of azide groups is 1. The van der Waals surface area contributed by atoms with Crippen LogP contribution in [-0.2, 0) is 52.4 Å². The van der Waals surface area contributed by atoms with Crippen molar-refractivity contribution in [3.05, 3.63) is 40.3 Å². The Morgan fingerprint density at radius 2 is 1.68 bits per heavy atom. The number of methoxy groups -OCH3 is 1. The molecular formula is C25H31N3O11S. The molecule has 0 spiro atoms. The third-order valence-electron chi connectivity index (χ3n) is 5.58. The lowest BCUT2D eigenvalue weighted by molar-refractivity contribution is -0.221. The molecule has 0 amide bonds.